The fraction of sp³-hybridized carbons (Fsp3) is 0.778. The molecule has 14 heavy (non-hydrogen) atoms. The monoisotopic (exact) mass is 224 g/mol. The van der Waals surface area contributed by atoms with Gasteiger partial charge in [0.25, 0.3) is 0 Å². The lowest BCUT2D eigenvalue weighted by Gasteiger charge is -2.01. The third-order valence-corrected chi connectivity index (χ3v) is 1.44. The first-order chi connectivity index (χ1) is 6.20. The molecule has 0 radical (unpaired) electrons. The van der Waals surface area contributed by atoms with Gasteiger partial charge in [0.1, 0.15) is 0 Å². The van der Waals surface area contributed by atoms with E-state index >= 15 is 0 Å². The average Bonchev–Trinajstić information content (AvgIpc) is 2.05. The number of carbonyl (C=O) groups is 2. The summed E-state index contributed by atoms with van der Waals surface area (Å²) in [5.41, 5.74) is 0. The van der Waals surface area contributed by atoms with Gasteiger partial charge in [0.2, 0.25) is 0 Å². The Morgan fingerprint density at radius 2 is 1.79 bits per heavy atom. The fourth-order valence-corrected chi connectivity index (χ4v) is 0.811. The van der Waals surface area contributed by atoms with Crippen LogP contribution in [0.15, 0.2) is 0 Å². The first-order valence-electron chi connectivity index (χ1n) is 4.58. The molecule has 0 amide bonds. The number of unbranched alkanes of at least 4 members (excludes halogenated alkanes) is 2. The number of hydrogen-bond acceptors (Lipinski definition) is 4. The van der Waals surface area contributed by atoms with Gasteiger partial charge in [-0.2, -0.15) is 0 Å². The molecule has 4 nitrogen and oxygen atoms in total. The maximum Gasteiger partial charge on any atom is 0.516 e. The van der Waals surface area contributed by atoms with E-state index in [0.29, 0.717) is 0 Å². The Labute approximate surface area is 90.4 Å². The Hall–Kier alpha value is -0.770. The molecule has 0 atom stereocenters. The second-order valence-corrected chi connectivity index (χ2v) is 2.61. The molecule has 0 saturated carbocycles. The van der Waals surface area contributed by atoms with E-state index in [1.165, 1.54) is 0 Å². The summed E-state index contributed by atoms with van der Waals surface area (Å²) in [4.78, 5) is 21.5. The zero-order valence-electron chi connectivity index (χ0n) is 8.58. The molecule has 0 aromatic rings. The van der Waals surface area contributed by atoms with Crippen LogP contribution in [0.4, 0.5) is 4.79 Å². The summed E-state index contributed by atoms with van der Waals surface area (Å²) >= 11 is 0. The number of ether oxygens (including phenoxy) is 2. The minimum Gasteiger partial charge on any atom is -0.434 e. The van der Waals surface area contributed by atoms with Crippen molar-refractivity contribution < 1.29 is 19.1 Å². The normalized spacial score (nSPS) is 8.71. The third kappa shape index (κ3) is 9.32. The van der Waals surface area contributed by atoms with E-state index in [2.05, 4.69) is 9.47 Å². The van der Waals surface area contributed by atoms with Crippen LogP contribution < -0.4 is 0 Å². The summed E-state index contributed by atoms with van der Waals surface area (Å²) in [7, 11) is 0. The zero-order valence-corrected chi connectivity index (χ0v) is 9.39. The molecule has 0 N–H and O–H groups in total. The highest BCUT2D eigenvalue weighted by Gasteiger charge is 2.09. The van der Waals surface area contributed by atoms with Gasteiger partial charge in [-0.25, -0.2) is 4.79 Å². The van der Waals surface area contributed by atoms with Gasteiger partial charge >= 0.3 is 12.1 Å². The largest absolute Gasteiger partial charge is 0.516 e. The van der Waals surface area contributed by atoms with Crippen LogP contribution in [0.2, 0.25) is 0 Å². The van der Waals surface area contributed by atoms with Crippen LogP contribution in [0, 0.1) is 0 Å². The number of carbonyl (C=O) groups excluding carboxylic acids is 2. The summed E-state index contributed by atoms with van der Waals surface area (Å²) in [6.07, 6.45) is 2.15. The van der Waals surface area contributed by atoms with Crippen LogP contribution >= 0.6 is 12.4 Å². The minimum atomic E-state index is -0.899. The smallest absolute Gasteiger partial charge is 0.434 e. The Balaban J connectivity index is 0. The second-order valence-electron chi connectivity index (χ2n) is 2.61. The lowest BCUT2D eigenvalue weighted by Crippen LogP contribution is -2.13. The van der Waals surface area contributed by atoms with Crippen molar-refractivity contribution in [2.75, 3.05) is 6.61 Å². The summed E-state index contributed by atoms with van der Waals surface area (Å²) in [6, 6.07) is 0. The first kappa shape index (κ1) is 15.7. The molecule has 0 aliphatic carbocycles. The lowest BCUT2D eigenvalue weighted by molar-refractivity contribution is -0.139. The van der Waals surface area contributed by atoms with Gasteiger partial charge in [0, 0.05) is 6.42 Å². The van der Waals surface area contributed by atoms with E-state index in [4.69, 9.17) is 0 Å². The number of halogens is 1. The SMILES string of the molecule is CCCCCC(=O)OC(=O)OCC.Cl. The molecule has 0 bridgehead atoms. The van der Waals surface area contributed by atoms with Gasteiger partial charge in [0.05, 0.1) is 6.61 Å². The van der Waals surface area contributed by atoms with Crippen molar-refractivity contribution in [2.24, 2.45) is 0 Å². The van der Waals surface area contributed by atoms with Gasteiger partial charge in [-0.1, -0.05) is 19.8 Å². The Morgan fingerprint density at radius 3 is 2.29 bits per heavy atom. The highest BCUT2D eigenvalue weighted by molar-refractivity contribution is 5.85. The van der Waals surface area contributed by atoms with Gasteiger partial charge < -0.3 is 9.47 Å². The molecule has 0 heterocycles. The molecule has 0 aliphatic rings. The molecular formula is C9H17ClO4. The van der Waals surface area contributed by atoms with Gasteiger partial charge in [-0.15, -0.1) is 12.4 Å². The molecule has 0 unspecified atom stereocenters. The fourth-order valence-electron chi connectivity index (χ4n) is 0.811. The van der Waals surface area contributed by atoms with Crippen molar-refractivity contribution in [1.82, 2.24) is 0 Å². The van der Waals surface area contributed by atoms with Crippen molar-refractivity contribution in [3.8, 4) is 0 Å². The van der Waals surface area contributed by atoms with E-state index in [1.807, 2.05) is 6.92 Å². The van der Waals surface area contributed by atoms with Gasteiger partial charge in [-0.3, -0.25) is 4.79 Å². The maximum atomic E-state index is 10.9. The molecule has 5 heteroatoms. The number of rotatable bonds is 5. The first-order valence-corrected chi connectivity index (χ1v) is 4.58. The molecule has 0 rings (SSSR count). The zero-order chi connectivity index (χ0) is 10.1. The van der Waals surface area contributed by atoms with Crippen LogP contribution in [0.3, 0.4) is 0 Å². The van der Waals surface area contributed by atoms with Crippen molar-refractivity contribution >= 4 is 24.5 Å². The minimum absolute atomic E-state index is 0. The molecule has 0 aromatic carbocycles. The highest BCUT2D eigenvalue weighted by Crippen LogP contribution is 2.01. The summed E-state index contributed by atoms with van der Waals surface area (Å²) in [5.74, 6) is -0.507. The molecule has 0 aromatic heterocycles. The quantitative estimate of drug-likeness (QED) is 0.409. The van der Waals surface area contributed by atoms with E-state index in [0.717, 1.165) is 19.3 Å². The topological polar surface area (TPSA) is 52.6 Å². The summed E-state index contributed by atoms with van der Waals surface area (Å²) in [5, 5.41) is 0. The van der Waals surface area contributed by atoms with Gasteiger partial charge in [0.15, 0.2) is 0 Å². The van der Waals surface area contributed by atoms with Crippen molar-refractivity contribution in [2.45, 2.75) is 39.5 Å². The highest BCUT2D eigenvalue weighted by atomic mass is 35.5. The van der Waals surface area contributed by atoms with E-state index in [-0.39, 0.29) is 25.4 Å². The maximum absolute atomic E-state index is 10.9. The van der Waals surface area contributed by atoms with Crippen molar-refractivity contribution in [3.05, 3.63) is 0 Å². The van der Waals surface area contributed by atoms with Gasteiger partial charge in [-0.05, 0) is 13.3 Å². The second kappa shape index (κ2) is 10.3. The average molecular weight is 225 g/mol. The summed E-state index contributed by atoms with van der Waals surface area (Å²) in [6.45, 7) is 3.92. The summed E-state index contributed by atoms with van der Waals surface area (Å²) < 4.78 is 8.77. The van der Waals surface area contributed by atoms with E-state index < -0.39 is 12.1 Å². The lowest BCUT2D eigenvalue weighted by atomic mass is 10.2. The van der Waals surface area contributed by atoms with Crippen LogP contribution in [0.5, 0.6) is 0 Å². The molecule has 0 aliphatic heterocycles. The Kier molecular flexibility index (Phi) is 11.6. The van der Waals surface area contributed by atoms with Crippen LogP contribution in [-0.4, -0.2) is 18.7 Å². The molecule has 0 fully saturated rings. The molecule has 0 spiro atoms. The van der Waals surface area contributed by atoms with Crippen LogP contribution in [-0.2, 0) is 14.3 Å². The Morgan fingerprint density at radius 1 is 1.14 bits per heavy atom. The number of esters is 1. The standard InChI is InChI=1S/C9H16O4.ClH/c1-3-5-6-7-8(10)13-9(11)12-4-2;/h3-7H2,1-2H3;1H. The van der Waals surface area contributed by atoms with Crippen LogP contribution in [0.1, 0.15) is 39.5 Å². The molecular weight excluding hydrogens is 208 g/mol. The molecule has 0 saturated heterocycles. The van der Waals surface area contributed by atoms with Crippen LogP contribution in [0.25, 0.3) is 0 Å². The number of hydrogen-bond donors (Lipinski definition) is 0. The van der Waals surface area contributed by atoms with E-state index in [1.54, 1.807) is 6.92 Å². The van der Waals surface area contributed by atoms with Crippen molar-refractivity contribution in [3.63, 3.8) is 0 Å². The van der Waals surface area contributed by atoms with Crippen molar-refractivity contribution in [1.29, 1.82) is 0 Å². The Bertz CT molecular complexity index is 170. The molecule has 84 valence electrons. The third-order valence-electron chi connectivity index (χ3n) is 1.44. The predicted octanol–water partition coefficient (Wildman–Crippen LogP) is 2.69. The predicted molar refractivity (Wildman–Crippen MR) is 54.5 cm³/mol. The van der Waals surface area contributed by atoms with E-state index in [9.17, 15) is 9.59 Å².